The van der Waals surface area contributed by atoms with Crippen molar-refractivity contribution >= 4 is 5.91 Å². The largest absolute Gasteiger partial charge is 0.388 e. The molecule has 1 aliphatic heterocycles. The van der Waals surface area contributed by atoms with Crippen LogP contribution in [0.5, 0.6) is 0 Å². The molecule has 0 radical (unpaired) electrons. The summed E-state index contributed by atoms with van der Waals surface area (Å²) < 4.78 is 26.3. The first-order valence-electron chi connectivity index (χ1n) is 6.92. The zero-order chi connectivity index (χ0) is 15.6. The highest BCUT2D eigenvalue weighted by atomic mass is 19.1. The van der Waals surface area contributed by atoms with Gasteiger partial charge in [-0.2, -0.15) is 0 Å². The fraction of sp³-hybridized carbons (Fsp3) is 0.533. The SMILES string of the molecule is C[C@]1(O)CCN(C(=O)CCc2ccc(F)cc2F)C[C@@H]1O. The Labute approximate surface area is 122 Å². The number of aryl methyl sites for hydroxylation is 1. The summed E-state index contributed by atoms with van der Waals surface area (Å²) in [4.78, 5) is 13.5. The van der Waals surface area contributed by atoms with Gasteiger partial charge in [0.2, 0.25) is 5.91 Å². The lowest BCUT2D eigenvalue weighted by atomic mass is 9.90. The molecule has 1 heterocycles. The van der Waals surface area contributed by atoms with Crippen molar-refractivity contribution in [3.63, 3.8) is 0 Å². The zero-order valence-corrected chi connectivity index (χ0v) is 11.9. The molecule has 4 nitrogen and oxygen atoms in total. The van der Waals surface area contributed by atoms with E-state index in [2.05, 4.69) is 0 Å². The maximum atomic E-state index is 13.5. The van der Waals surface area contributed by atoms with Crippen LogP contribution in [0.4, 0.5) is 8.78 Å². The number of nitrogens with zero attached hydrogens (tertiary/aromatic N) is 1. The summed E-state index contributed by atoms with van der Waals surface area (Å²) in [7, 11) is 0. The highest BCUT2D eigenvalue weighted by Crippen LogP contribution is 2.22. The molecule has 0 bridgehead atoms. The zero-order valence-electron chi connectivity index (χ0n) is 11.9. The highest BCUT2D eigenvalue weighted by Gasteiger charge is 2.37. The Bertz CT molecular complexity index is 534. The molecule has 0 unspecified atom stereocenters. The molecule has 2 rings (SSSR count). The number of rotatable bonds is 3. The van der Waals surface area contributed by atoms with Gasteiger partial charge in [-0.1, -0.05) is 6.07 Å². The normalized spacial score (nSPS) is 26.0. The van der Waals surface area contributed by atoms with E-state index in [1.165, 1.54) is 17.9 Å². The third kappa shape index (κ3) is 3.77. The van der Waals surface area contributed by atoms with Crippen LogP contribution in [0.15, 0.2) is 18.2 Å². The maximum absolute atomic E-state index is 13.5. The molecular weight excluding hydrogens is 280 g/mol. The minimum atomic E-state index is -1.18. The van der Waals surface area contributed by atoms with E-state index in [0.29, 0.717) is 13.0 Å². The minimum Gasteiger partial charge on any atom is -0.388 e. The van der Waals surface area contributed by atoms with E-state index in [4.69, 9.17) is 0 Å². The Morgan fingerprint density at radius 1 is 1.48 bits per heavy atom. The number of piperidine rings is 1. The number of benzene rings is 1. The van der Waals surface area contributed by atoms with Crippen LogP contribution in [-0.4, -0.2) is 45.8 Å². The number of aliphatic hydroxyl groups excluding tert-OH is 1. The Morgan fingerprint density at radius 2 is 2.19 bits per heavy atom. The standard InChI is InChI=1S/C15H19F2NO3/c1-15(21)6-7-18(9-13(15)19)14(20)5-3-10-2-4-11(16)8-12(10)17/h2,4,8,13,19,21H,3,5-7,9H2,1H3/t13-,15-/m0/s1. The van der Waals surface area contributed by atoms with Gasteiger partial charge in [-0.05, 0) is 31.4 Å². The first-order chi connectivity index (χ1) is 9.79. The third-order valence-electron chi connectivity index (χ3n) is 3.98. The smallest absolute Gasteiger partial charge is 0.222 e. The summed E-state index contributed by atoms with van der Waals surface area (Å²) in [6.45, 7) is 1.96. The molecule has 2 atom stereocenters. The van der Waals surface area contributed by atoms with E-state index in [1.807, 2.05) is 0 Å². The second kappa shape index (κ2) is 6.07. The van der Waals surface area contributed by atoms with Crippen molar-refractivity contribution < 1.29 is 23.8 Å². The molecule has 21 heavy (non-hydrogen) atoms. The van der Waals surface area contributed by atoms with E-state index < -0.39 is 23.3 Å². The summed E-state index contributed by atoms with van der Waals surface area (Å²) in [6.07, 6.45) is -0.436. The summed E-state index contributed by atoms with van der Waals surface area (Å²) in [5.41, 5.74) is -0.894. The molecule has 1 amide bonds. The molecule has 2 N–H and O–H groups in total. The van der Waals surface area contributed by atoms with Gasteiger partial charge in [-0.25, -0.2) is 8.78 Å². The predicted octanol–water partition coefficient (Wildman–Crippen LogP) is 1.24. The third-order valence-corrected chi connectivity index (χ3v) is 3.98. The molecule has 0 saturated carbocycles. The summed E-state index contributed by atoms with van der Waals surface area (Å²) >= 11 is 0. The van der Waals surface area contributed by atoms with Crippen LogP contribution in [0.3, 0.4) is 0 Å². The Kier molecular flexibility index (Phi) is 4.58. The van der Waals surface area contributed by atoms with Crippen LogP contribution in [0.1, 0.15) is 25.3 Å². The van der Waals surface area contributed by atoms with Gasteiger partial charge in [0.05, 0.1) is 11.7 Å². The van der Waals surface area contributed by atoms with Crippen molar-refractivity contribution in [2.24, 2.45) is 0 Å². The van der Waals surface area contributed by atoms with E-state index in [1.54, 1.807) is 0 Å². The molecule has 116 valence electrons. The fourth-order valence-corrected chi connectivity index (χ4v) is 2.38. The Balaban J connectivity index is 1.90. The number of hydrogen-bond donors (Lipinski definition) is 2. The van der Waals surface area contributed by atoms with Crippen LogP contribution >= 0.6 is 0 Å². The van der Waals surface area contributed by atoms with Crippen molar-refractivity contribution in [2.75, 3.05) is 13.1 Å². The quantitative estimate of drug-likeness (QED) is 0.883. The minimum absolute atomic E-state index is 0.0672. The number of carbonyl (C=O) groups excluding carboxylic acids is 1. The van der Waals surface area contributed by atoms with E-state index >= 15 is 0 Å². The van der Waals surface area contributed by atoms with Crippen LogP contribution in [0.25, 0.3) is 0 Å². The van der Waals surface area contributed by atoms with Crippen molar-refractivity contribution in [3.8, 4) is 0 Å². The van der Waals surface area contributed by atoms with Gasteiger partial charge in [-0.3, -0.25) is 4.79 Å². The monoisotopic (exact) mass is 299 g/mol. The van der Waals surface area contributed by atoms with Crippen molar-refractivity contribution in [3.05, 3.63) is 35.4 Å². The summed E-state index contributed by atoms with van der Waals surface area (Å²) in [5.74, 6) is -1.53. The lowest BCUT2D eigenvalue weighted by Crippen LogP contribution is -2.55. The van der Waals surface area contributed by atoms with Gasteiger partial charge in [0.25, 0.3) is 0 Å². The van der Waals surface area contributed by atoms with Gasteiger partial charge in [-0.15, -0.1) is 0 Å². The fourth-order valence-electron chi connectivity index (χ4n) is 2.38. The number of carbonyl (C=O) groups is 1. The van der Waals surface area contributed by atoms with Crippen LogP contribution in [0, 0.1) is 11.6 Å². The van der Waals surface area contributed by atoms with E-state index in [-0.39, 0.29) is 30.9 Å². The molecule has 0 spiro atoms. The molecule has 0 aromatic heterocycles. The maximum Gasteiger partial charge on any atom is 0.222 e. The number of aliphatic hydroxyl groups is 2. The Morgan fingerprint density at radius 3 is 2.81 bits per heavy atom. The second-order valence-corrected chi connectivity index (χ2v) is 5.70. The van der Waals surface area contributed by atoms with E-state index in [9.17, 15) is 23.8 Å². The van der Waals surface area contributed by atoms with Gasteiger partial charge in [0.1, 0.15) is 11.6 Å². The van der Waals surface area contributed by atoms with Crippen molar-refractivity contribution in [1.29, 1.82) is 0 Å². The van der Waals surface area contributed by atoms with Crippen molar-refractivity contribution in [2.45, 2.75) is 37.9 Å². The van der Waals surface area contributed by atoms with Gasteiger partial charge < -0.3 is 15.1 Å². The molecular formula is C15H19F2NO3. The lowest BCUT2D eigenvalue weighted by molar-refractivity contribution is -0.146. The van der Waals surface area contributed by atoms with E-state index in [0.717, 1.165) is 12.1 Å². The molecule has 1 aromatic rings. The van der Waals surface area contributed by atoms with Crippen LogP contribution < -0.4 is 0 Å². The topological polar surface area (TPSA) is 60.8 Å². The average Bonchev–Trinajstić information content (AvgIpc) is 2.40. The van der Waals surface area contributed by atoms with Gasteiger partial charge in [0, 0.05) is 25.6 Å². The molecule has 1 fully saturated rings. The predicted molar refractivity (Wildman–Crippen MR) is 72.5 cm³/mol. The summed E-state index contributed by atoms with van der Waals surface area (Å²) in [5, 5.41) is 19.6. The van der Waals surface area contributed by atoms with Gasteiger partial charge in [0.15, 0.2) is 0 Å². The number of likely N-dealkylation sites (tertiary alicyclic amines) is 1. The molecule has 6 heteroatoms. The lowest BCUT2D eigenvalue weighted by Gasteiger charge is -2.40. The van der Waals surface area contributed by atoms with Gasteiger partial charge >= 0.3 is 0 Å². The number of amides is 1. The van der Waals surface area contributed by atoms with Crippen LogP contribution in [0.2, 0.25) is 0 Å². The first-order valence-corrected chi connectivity index (χ1v) is 6.92. The summed E-state index contributed by atoms with van der Waals surface area (Å²) in [6, 6.07) is 3.28. The molecule has 0 aliphatic carbocycles. The Hall–Kier alpha value is -1.53. The molecule has 1 saturated heterocycles. The number of hydrogen-bond acceptors (Lipinski definition) is 3. The average molecular weight is 299 g/mol. The number of halogens is 2. The molecule has 1 aromatic carbocycles. The highest BCUT2D eigenvalue weighted by molar-refractivity contribution is 5.76. The molecule has 1 aliphatic rings. The second-order valence-electron chi connectivity index (χ2n) is 5.70. The van der Waals surface area contributed by atoms with Crippen molar-refractivity contribution in [1.82, 2.24) is 4.90 Å². The first kappa shape index (κ1) is 15.9. The van der Waals surface area contributed by atoms with Crippen LogP contribution in [-0.2, 0) is 11.2 Å². The number of β-amino-alcohol motifs (C(OH)–C–C–N with tert-alkyl or cyclic N) is 1.